The zero-order chi connectivity index (χ0) is 37.5. The normalized spacial score (nSPS) is 19.3. The van der Waals surface area contributed by atoms with Gasteiger partial charge in [0.25, 0.3) is 5.91 Å². The van der Waals surface area contributed by atoms with E-state index < -0.39 is 35.5 Å². The average Bonchev–Trinajstić information content (AvgIpc) is 3.37. The maximum Gasteiger partial charge on any atom is 0.391 e. The van der Waals surface area contributed by atoms with Gasteiger partial charge in [-0.05, 0) is 62.1 Å². The summed E-state index contributed by atoms with van der Waals surface area (Å²) >= 11 is 13.3. The second kappa shape index (κ2) is 14.9. The summed E-state index contributed by atoms with van der Waals surface area (Å²) in [5.74, 6) is -3.26. The van der Waals surface area contributed by atoms with Gasteiger partial charge in [0.15, 0.2) is 5.65 Å². The van der Waals surface area contributed by atoms with Crippen molar-refractivity contribution in [3.8, 4) is 0 Å². The Morgan fingerprint density at radius 1 is 0.882 bits per heavy atom. The minimum Gasteiger partial charge on any atom is -0.356 e. The lowest BCUT2D eigenvalue weighted by Gasteiger charge is -2.34. The van der Waals surface area contributed by atoms with E-state index in [1.54, 1.807) is 49.4 Å². The smallest absolute Gasteiger partial charge is 0.356 e. The van der Waals surface area contributed by atoms with E-state index in [0.29, 0.717) is 35.3 Å². The van der Waals surface area contributed by atoms with Crippen LogP contribution >= 0.6 is 23.2 Å². The van der Waals surface area contributed by atoms with Gasteiger partial charge in [-0.3, -0.25) is 14.2 Å². The van der Waals surface area contributed by atoms with Crippen LogP contribution in [-0.2, 0) is 18.4 Å². The number of rotatable bonds is 8. The summed E-state index contributed by atoms with van der Waals surface area (Å²) < 4.78 is 81.5. The van der Waals surface area contributed by atoms with Crippen LogP contribution in [0.2, 0.25) is 10.0 Å². The molecule has 3 N–H and O–H groups in total. The first-order valence-electron chi connectivity index (χ1n) is 16.8. The summed E-state index contributed by atoms with van der Waals surface area (Å²) in [6.07, 6.45) is -8.33. The molecule has 1 aliphatic heterocycles. The highest BCUT2D eigenvalue weighted by molar-refractivity contribution is 6.39. The third kappa shape index (κ3) is 8.95. The molecule has 1 aliphatic carbocycles. The Labute approximate surface area is 301 Å². The second-order valence-corrected chi connectivity index (χ2v) is 15.2. The van der Waals surface area contributed by atoms with E-state index in [1.807, 2.05) is 0 Å². The van der Waals surface area contributed by atoms with Gasteiger partial charge in [-0.25, -0.2) is 9.97 Å². The van der Waals surface area contributed by atoms with Crippen LogP contribution in [0.15, 0.2) is 18.2 Å². The number of benzene rings is 1. The molecule has 0 spiro atoms. The number of aromatic nitrogens is 3. The summed E-state index contributed by atoms with van der Waals surface area (Å²) in [4.78, 5) is 37.1. The summed E-state index contributed by atoms with van der Waals surface area (Å²) in [5.41, 5.74) is 1.01. The SMILES string of the molecule is Cn1c(Nc2c(Cl)ccc(CNC(=O)C(C)(C)C)c2Cl)nc2cc(C(=O)NCC3CCC(C(F)(F)F)CC3)c(N3CCC(C(F)(F)F)CC3)nc21. The summed E-state index contributed by atoms with van der Waals surface area (Å²) in [6.45, 7) is 5.67. The highest BCUT2D eigenvalue weighted by atomic mass is 35.5. The molecule has 1 aromatic carbocycles. The van der Waals surface area contributed by atoms with E-state index in [4.69, 9.17) is 28.2 Å². The highest BCUT2D eigenvalue weighted by Gasteiger charge is 2.43. The van der Waals surface area contributed by atoms with E-state index in [2.05, 4.69) is 20.9 Å². The molecule has 0 atom stereocenters. The fraction of sp³-hybridized carbons (Fsp3) is 0.588. The third-order valence-electron chi connectivity index (χ3n) is 9.72. The number of hydrogen-bond donors (Lipinski definition) is 3. The van der Waals surface area contributed by atoms with Crippen LogP contribution in [0.4, 0.5) is 43.8 Å². The molecule has 17 heteroatoms. The Morgan fingerprint density at radius 2 is 1.49 bits per heavy atom. The lowest BCUT2D eigenvalue weighted by atomic mass is 9.81. The average molecular weight is 765 g/mol. The number of aryl methyl sites for hydroxylation is 1. The van der Waals surface area contributed by atoms with Crippen LogP contribution < -0.4 is 20.9 Å². The maximum absolute atomic E-state index is 13.7. The first-order valence-corrected chi connectivity index (χ1v) is 17.6. The minimum absolute atomic E-state index is 0.0108. The molecule has 0 unspecified atom stereocenters. The molecule has 1 saturated heterocycles. The summed E-state index contributed by atoms with van der Waals surface area (Å²) in [5, 5.41) is 9.32. The van der Waals surface area contributed by atoms with Crippen molar-refractivity contribution in [2.75, 3.05) is 29.9 Å². The quantitative estimate of drug-likeness (QED) is 0.199. The maximum atomic E-state index is 13.7. The number of imidazole rings is 1. The van der Waals surface area contributed by atoms with Crippen LogP contribution in [0.3, 0.4) is 0 Å². The predicted octanol–water partition coefficient (Wildman–Crippen LogP) is 8.56. The van der Waals surface area contributed by atoms with Gasteiger partial charge < -0.3 is 20.9 Å². The van der Waals surface area contributed by atoms with E-state index in [-0.39, 0.29) is 91.1 Å². The molecule has 3 aromatic rings. The lowest BCUT2D eigenvalue weighted by molar-refractivity contribution is -0.183. The van der Waals surface area contributed by atoms with E-state index in [1.165, 1.54) is 6.07 Å². The number of piperidine rings is 1. The summed E-state index contributed by atoms with van der Waals surface area (Å²) in [6, 6.07) is 4.82. The number of pyridine rings is 1. The number of fused-ring (bicyclic) bond motifs is 1. The fourth-order valence-electron chi connectivity index (χ4n) is 6.47. The van der Waals surface area contributed by atoms with Gasteiger partial charge in [-0.2, -0.15) is 26.3 Å². The molecule has 1 saturated carbocycles. The number of nitrogens with zero attached hydrogens (tertiary/aromatic N) is 4. The van der Waals surface area contributed by atoms with Crippen molar-refractivity contribution < 1.29 is 35.9 Å². The van der Waals surface area contributed by atoms with Crippen molar-refractivity contribution >= 4 is 63.6 Å². The molecule has 280 valence electrons. The van der Waals surface area contributed by atoms with Crippen LogP contribution in [-0.4, -0.2) is 58.3 Å². The Hall–Kier alpha value is -3.46. The fourth-order valence-corrected chi connectivity index (χ4v) is 7.00. The molecule has 0 bridgehead atoms. The number of carbonyl (C=O) groups excluding carboxylic acids is 2. The molecule has 9 nitrogen and oxygen atoms in total. The van der Waals surface area contributed by atoms with E-state index >= 15 is 0 Å². The molecule has 2 aromatic heterocycles. The molecule has 2 fully saturated rings. The number of amides is 2. The lowest BCUT2D eigenvalue weighted by Crippen LogP contribution is -2.41. The van der Waals surface area contributed by atoms with Gasteiger partial charge in [0.2, 0.25) is 11.9 Å². The van der Waals surface area contributed by atoms with Gasteiger partial charge in [-0.1, -0.05) is 50.0 Å². The van der Waals surface area contributed by atoms with Crippen LogP contribution in [0.25, 0.3) is 11.2 Å². The van der Waals surface area contributed by atoms with Crippen LogP contribution in [0, 0.1) is 23.2 Å². The van der Waals surface area contributed by atoms with Gasteiger partial charge in [-0.15, -0.1) is 0 Å². The van der Waals surface area contributed by atoms with Gasteiger partial charge in [0.1, 0.15) is 11.3 Å². The van der Waals surface area contributed by atoms with Gasteiger partial charge in [0.05, 0.1) is 33.1 Å². The molecule has 0 radical (unpaired) electrons. The van der Waals surface area contributed by atoms with Crippen molar-refractivity contribution in [3.63, 3.8) is 0 Å². The van der Waals surface area contributed by atoms with E-state index in [0.717, 1.165) is 0 Å². The van der Waals surface area contributed by atoms with Gasteiger partial charge in [0, 0.05) is 38.6 Å². The van der Waals surface area contributed by atoms with Gasteiger partial charge >= 0.3 is 12.4 Å². The molecule has 2 aliphatic rings. The highest BCUT2D eigenvalue weighted by Crippen LogP contribution is 2.40. The number of carbonyl (C=O) groups is 2. The molecule has 51 heavy (non-hydrogen) atoms. The first-order chi connectivity index (χ1) is 23.7. The zero-order valence-electron chi connectivity index (χ0n) is 28.7. The largest absolute Gasteiger partial charge is 0.391 e. The topological polar surface area (TPSA) is 104 Å². The number of alkyl halides is 6. The Bertz CT molecular complexity index is 1760. The Morgan fingerprint density at radius 3 is 2.08 bits per heavy atom. The molecule has 2 amide bonds. The minimum atomic E-state index is -4.34. The number of anilines is 3. The summed E-state index contributed by atoms with van der Waals surface area (Å²) in [7, 11) is 1.66. The number of halogens is 8. The standard InChI is InChI=1S/C34H41Cl2F6N7O2/c1-32(2,3)30(51)44-17-19-7-10-23(35)26(25(19)36)46-31-45-24-15-22(29(50)43-16-18-5-8-20(9-6-18)33(37,38)39)27(47-28(24)48(31)4)49-13-11-21(12-14-49)34(40,41)42/h7,10,15,18,20-21H,5-6,8-9,11-14,16-17H2,1-4H3,(H,43,50)(H,44,51)(H,45,46). The molecular formula is C34H41Cl2F6N7O2. The number of hydrogen-bond acceptors (Lipinski definition) is 6. The predicted molar refractivity (Wildman–Crippen MR) is 184 cm³/mol. The Balaban J connectivity index is 1.42. The molecular weight excluding hydrogens is 723 g/mol. The number of nitrogens with one attached hydrogen (secondary N) is 3. The molecule has 5 rings (SSSR count). The van der Waals surface area contributed by atoms with Crippen molar-refractivity contribution in [2.24, 2.45) is 30.2 Å². The molecule has 3 heterocycles. The van der Waals surface area contributed by atoms with E-state index in [9.17, 15) is 35.9 Å². The first kappa shape index (κ1) is 38.8. The van der Waals surface area contributed by atoms with Crippen molar-refractivity contribution in [2.45, 2.75) is 78.2 Å². The van der Waals surface area contributed by atoms with Crippen molar-refractivity contribution in [1.29, 1.82) is 0 Å². The zero-order valence-corrected chi connectivity index (χ0v) is 30.2. The van der Waals surface area contributed by atoms with Crippen molar-refractivity contribution in [1.82, 2.24) is 25.2 Å². The Kier molecular flexibility index (Phi) is 11.3. The monoisotopic (exact) mass is 763 g/mol. The van der Waals surface area contributed by atoms with Crippen LogP contribution in [0.5, 0.6) is 0 Å². The second-order valence-electron chi connectivity index (χ2n) is 14.4. The third-order valence-corrected chi connectivity index (χ3v) is 10.5. The van der Waals surface area contributed by atoms with Crippen molar-refractivity contribution in [3.05, 3.63) is 39.4 Å². The van der Waals surface area contributed by atoms with Crippen LogP contribution in [0.1, 0.15) is 75.2 Å².